The molecule has 1 N–H and O–H groups in total. The Bertz CT molecular complexity index is 1400. The lowest BCUT2D eigenvalue weighted by molar-refractivity contribution is -0.140. The summed E-state index contributed by atoms with van der Waals surface area (Å²) in [6.45, 7) is 5.74. The molecule has 3 aromatic rings. The Kier molecular flexibility index (Phi) is 11.4. The minimum absolute atomic E-state index is 0.0443. The number of anilines is 1. The number of carbonyl (C=O) groups is 2. The largest absolute Gasteiger partial charge is 0.354 e. The molecule has 3 rings (SSSR count). The second-order valence-electron chi connectivity index (χ2n) is 9.50. The molecule has 3 aromatic carbocycles. The van der Waals surface area contributed by atoms with Crippen molar-refractivity contribution < 1.29 is 18.0 Å². The average Bonchev–Trinajstić information content (AvgIpc) is 2.94. The lowest BCUT2D eigenvalue weighted by Gasteiger charge is -2.33. The van der Waals surface area contributed by atoms with Crippen LogP contribution in [-0.4, -0.2) is 44.3 Å². The highest BCUT2D eigenvalue weighted by atomic mass is 35.5. The topological polar surface area (TPSA) is 86.8 Å². The molecule has 0 heterocycles. The smallest absolute Gasteiger partial charge is 0.264 e. The maximum atomic E-state index is 14.0. The molecule has 0 aliphatic rings. The van der Waals surface area contributed by atoms with Crippen molar-refractivity contribution in [2.24, 2.45) is 0 Å². The highest BCUT2D eigenvalue weighted by Crippen LogP contribution is 2.26. The monoisotopic (exact) mass is 603 g/mol. The van der Waals surface area contributed by atoms with Gasteiger partial charge in [-0.25, -0.2) is 8.42 Å². The third kappa shape index (κ3) is 7.99. The van der Waals surface area contributed by atoms with E-state index in [1.165, 1.54) is 17.0 Å². The molecular formula is C30H35Cl2N3O4S. The summed E-state index contributed by atoms with van der Waals surface area (Å²) in [5.41, 5.74) is 1.91. The Morgan fingerprint density at radius 1 is 0.925 bits per heavy atom. The first-order chi connectivity index (χ1) is 19.1. The van der Waals surface area contributed by atoms with Crippen LogP contribution in [-0.2, 0) is 26.2 Å². The summed E-state index contributed by atoms with van der Waals surface area (Å²) < 4.78 is 28.8. The molecule has 7 nitrogen and oxygen atoms in total. The molecule has 0 spiro atoms. The number of amides is 2. The number of para-hydroxylation sites is 1. The van der Waals surface area contributed by atoms with Crippen molar-refractivity contribution in [3.8, 4) is 0 Å². The van der Waals surface area contributed by atoms with E-state index in [-0.39, 0.29) is 17.3 Å². The van der Waals surface area contributed by atoms with Crippen LogP contribution in [0, 0.1) is 6.92 Å². The van der Waals surface area contributed by atoms with Gasteiger partial charge in [-0.3, -0.25) is 13.9 Å². The molecule has 0 fully saturated rings. The van der Waals surface area contributed by atoms with E-state index in [0.29, 0.717) is 34.3 Å². The number of unbranched alkanes of at least 4 members (excludes halogenated alkanes) is 1. The van der Waals surface area contributed by atoms with Gasteiger partial charge in [0, 0.05) is 13.1 Å². The van der Waals surface area contributed by atoms with E-state index in [1.54, 1.807) is 60.7 Å². The van der Waals surface area contributed by atoms with Gasteiger partial charge in [-0.1, -0.05) is 85.4 Å². The Labute approximate surface area is 247 Å². The first-order valence-electron chi connectivity index (χ1n) is 13.2. The van der Waals surface area contributed by atoms with Gasteiger partial charge in [-0.05, 0) is 61.7 Å². The van der Waals surface area contributed by atoms with Gasteiger partial charge >= 0.3 is 0 Å². The molecular weight excluding hydrogens is 569 g/mol. The van der Waals surface area contributed by atoms with Crippen LogP contribution in [0.3, 0.4) is 0 Å². The molecule has 0 bridgehead atoms. The average molecular weight is 605 g/mol. The summed E-state index contributed by atoms with van der Waals surface area (Å²) in [4.78, 5) is 28.7. The molecule has 0 unspecified atom stereocenters. The number of hydrogen-bond donors (Lipinski definition) is 1. The number of halogens is 2. The van der Waals surface area contributed by atoms with Crippen LogP contribution in [0.5, 0.6) is 0 Å². The van der Waals surface area contributed by atoms with Crippen LogP contribution < -0.4 is 9.62 Å². The molecule has 0 radical (unpaired) electrons. The first-order valence-corrected chi connectivity index (χ1v) is 15.4. The number of carbonyl (C=O) groups excluding carboxylic acids is 2. The van der Waals surface area contributed by atoms with E-state index in [9.17, 15) is 18.0 Å². The molecule has 0 saturated heterocycles. The van der Waals surface area contributed by atoms with E-state index < -0.39 is 28.5 Å². The van der Waals surface area contributed by atoms with Crippen molar-refractivity contribution in [2.75, 3.05) is 17.4 Å². The normalized spacial score (nSPS) is 12.0. The van der Waals surface area contributed by atoms with E-state index in [1.807, 2.05) is 20.8 Å². The predicted octanol–water partition coefficient (Wildman–Crippen LogP) is 6.22. The lowest BCUT2D eigenvalue weighted by Crippen LogP contribution is -2.52. The van der Waals surface area contributed by atoms with Gasteiger partial charge in [0.25, 0.3) is 10.0 Å². The van der Waals surface area contributed by atoms with E-state index in [0.717, 1.165) is 22.7 Å². The number of aryl methyl sites for hydroxylation is 1. The van der Waals surface area contributed by atoms with Crippen molar-refractivity contribution >= 4 is 50.7 Å². The Balaban J connectivity index is 2.02. The van der Waals surface area contributed by atoms with Crippen LogP contribution in [0.15, 0.2) is 77.7 Å². The van der Waals surface area contributed by atoms with Crippen LogP contribution in [0.4, 0.5) is 5.69 Å². The van der Waals surface area contributed by atoms with Gasteiger partial charge in [0.15, 0.2) is 0 Å². The summed E-state index contributed by atoms with van der Waals surface area (Å²) in [5.74, 6) is -0.819. The molecule has 10 heteroatoms. The van der Waals surface area contributed by atoms with E-state index >= 15 is 0 Å². The molecule has 1 atom stereocenters. The molecule has 0 aliphatic carbocycles. The summed E-state index contributed by atoms with van der Waals surface area (Å²) >= 11 is 12.3. The van der Waals surface area contributed by atoms with Gasteiger partial charge in [0.2, 0.25) is 11.8 Å². The summed E-state index contributed by atoms with van der Waals surface area (Å²) in [5, 5.41) is 3.60. The van der Waals surface area contributed by atoms with Crippen LogP contribution in [0.2, 0.25) is 10.0 Å². The number of nitrogens with zero attached hydrogens (tertiary/aromatic N) is 2. The Morgan fingerprint density at radius 2 is 1.60 bits per heavy atom. The molecule has 2 amide bonds. The molecule has 40 heavy (non-hydrogen) atoms. The molecule has 214 valence electrons. The van der Waals surface area contributed by atoms with Crippen LogP contribution >= 0.6 is 23.2 Å². The predicted molar refractivity (Wildman–Crippen MR) is 161 cm³/mol. The van der Waals surface area contributed by atoms with E-state index in [4.69, 9.17) is 23.2 Å². The summed E-state index contributed by atoms with van der Waals surface area (Å²) in [6, 6.07) is 19.1. The second-order valence-corrected chi connectivity index (χ2v) is 12.2. The number of rotatable bonds is 13. The second kappa shape index (κ2) is 14.5. The molecule has 0 aromatic heterocycles. The fraction of sp³-hybridized carbons (Fsp3) is 0.333. The van der Waals surface area contributed by atoms with Gasteiger partial charge in [-0.2, -0.15) is 0 Å². The number of benzene rings is 3. The summed E-state index contributed by atoms with van der Waals surface area (Å²) in [6.07, 6.45) is 2.05. The SMILES string of the molecule is CCCCNC(=O)[C@H](CC)N(Cc1ccc(Cl)c(Cl)c1)C(=O)CN(c1ccccc1)S(=O)(=O)c1ccc(C)cc1. The standard InChI is InChI=1S/C30H35Cl2N3O4S/c1-4-6-18-33-30(37)28(5-2)34(20-23-14-17-26(31)27(32)19-23)29(36)21-35(24-10-8-7-9-11-24)40(38,39)25-15-12-22(3)13-16-25/h7-17,19,28H,4-6,18,20-21H2,1-3H3,(H,33,37)/t28-/m0/s1. The van der Waals surface area contributed by atoms with Crippen LogP contribution in [0.25, 0.3) is 0 Å². The highest BCUT2D eigenvalue weighted by molar-refractivity contribution is 7.92. The summed E-state index contributed by atoms with van der Waals surface area (Å²) in [7, 11) is -4.11. The van der Waals surface area contributed by atoms with E-state index in [2.05, 4.69) is 5.32 Å². The number of sulfonamides is 1. The van der Waals surface area contributed by atoms with Crippen molar-refractivity contribution in [1.29, 1.82) is 0 Å². The zero-order valence-electron chi connectivity index (χ0n) is 22.9. The third-order valence-electron chi connectivity index (χ3n) is 6.48. The van der Waals surface area contributed by atoms with Crippen molar-refractivity contribution in [2.45, 2.75) is 57.5 Å². The maximum absolute atomic E-state index is 14.0. The quantitative estimate of drug-likeness (QED) is 0.235. The molecule has 0 aliphatic heterocycles. The Morgan fingerprint density at radius 3 is 2.20 bits per heavy atom. The number of hydrogen-bond acceptors (Lipinski definition) is 4. The number of nitrogens with one attached hydrogen (secondary N) is 1. The third-order valence-corrected chi connectivity index (χ3v) is 9.01. The lowest BCUT2D eigenvalue weighted by atomic mass is 10.1. The minimum atomic E-state index is -4.11. The van der Waals surface area contributed by atoms with Gasteiger partial charge < -0.3 is 10.2 Å². The van der Waals surface area contributed by atoms with Crippen molar-refractivity contribution in [3.63, 3.8) is 0 Å². The zero-order valence-corrected chi connectivity index (χ0v) is 25.3. The zero-order chi connectivity index (χ0) is 29.3. The maximum Gasteiger partial charge on any atom is 0.264 e. The van der Waals surface area contributed by atoms with Gasteiger partial charge in [-0.15, -0.1) is 0 Å². The van der Waals surface area contributed by atoms with Gasteiger partial charge in [0.1, 0.15) is 12.6 Å². The fourth-order valence-electron chi connectivity index (χ4n) is 4.22. The van der Waals surface area contributed by atoms with Crippen LogP contribution in [0.1, 0.15) is 44.2 Å². The highest BCUT2D eigenvalue weighted by Gasteiger charge is 2.33. The van der Waals surface area contributed by atoms with Crippen molar-refractivity contribution in [1.82, 2.24) is 10.2 Å². The Hall–Kier alpha value is -3.07. The van der Waals surface area contributed by atoms with Crippen molar-refractivity contribution in [3.05, 3.63) is 94.0 Å². The van der Waals surface area contributed by atoms with Gasteiger partial charge in [0.05, 0.1) is 20.6 Å². The fourth-order valence-corrected chi connectivity index (χ4v) is 5.96. The minimum Gasteiger partial charge on any atom is -0.354 e. The first kappa shape index (κ1) is 31.5. The molecule has 0 saturated carbocycles.